The number of amides is 1. The van der Waals surface area contributed by atoms with Gasteiger partial charge in [0.25, 0.3) is 5.56 Å². The van der Waals surface area contributed by atoms with E-state index in [1.807, 2.05) is 37.1 Å². The molecule has 0 aliphatic carbocycles. The minimum atomic E-state index is -0.0413. The van der Waals surface area contributed by atoms with Crippen LogP contribution in [0, 0.1) is 0 Å². The predicted molar refractivity (Wildman–Crippen MR) is 100 cm³/mol. The molecule has 2 aromatic rings. The summed E-state index contributed by atoms with van der Waals surface area (Å²) in [6, 6.07) is 3.86. The molecule has 1 fully saturated rings. The van der Waals surface area contributed by atoms with Crippen LogP contribution in [0.15, 0.2) is 23.1 Å². The van der Waals surface area contributed by atoms with E-state index in [4.69, 9.17) is 4.74 Å². The van der Waals surface area contributed by atoms with Crippen LogP contribution in [0.1, 0.15) is 25.0 Å². The first-order valence-electron chi connectivity index (χ1n) is 9.19. The highest BCUT2D eigenvalue weighted by molar-refractivity contribution is 5.77. The van der Waals surface area contributed by atoms with Gasteiger partial charge in [-0.25, -0.2) is 0 Å². The van der Waals surface area contributed by atoms with Gasteiger partial charge in [0.15, 0.2) is 0 Å². The summed E-state index contributed by atoms with van der Waals surface area (Å²) in [5.41, 5.74) is 3.37. The Kier molecular flexibility index (Phi) is 6.00. The fraction of sp³-hybridized carbons (Fsp3) is 0.526. The lowest BCUT2D eigenvalue weighted by Crippen LogP contribution is -2.49. The van der Waals surface area contributed by atoms with Crippen molar-refractivity contribution in [1.29, 1.82) is 0 Å². The van der Waals surface area contributed by atoms with Gasteiger partial charge in [-0.3, -0.25) is 19.5 Å². The number of carbonyl (C=O) groups is 1. The van der Waals surface area contributed by atoms with Crippen molar-refractivity contribution in [3.05, 3.63) is 39.8 Å². The largest absolute Gasteiger partial charge is 0.372 e. The summed E-state index contributed by atoms with van der Waals surface area (Å²) in [6.45, 7) is 8.40. The molecule has 0 radical (unpaired) electrons. The molecule has 0 bridgehead atoms. The number of nitrogens with one attached hydrogen (secondary N) is 1. The molecule has 7 nitrogen and oxygen atoms in total. The molecule has 1 aliphatic rings. The third kappa shape index (κ3) is 4.28. The molecule has 1 N–H and O–H groups in total. The van der Waals surface area contributed by atoms with E-state index in [1.165, 1.54) is 0 Å². The van der Waals surface area contributed by atoms with Crippen LogP contribution in [0.25, 0.3) is 11.0 Å². The Balaban J connectivity index is 1.61. The van der Waals surface area contributed by atoms with E-state index in [-0.39, 0.29) is 18.1 Å². The number of ether oxygens (including phenoxy) is 1. The van der Waals surface area contributed by atoms with Crippen molar-refractivity contribution in [2.45, 2.75) is 26.8 Å². The second-order valence-electron chi connectivity index (χ2n) is 6.55. The smallest absolute Gasteiger partial charge is 0.251 e. The van der Waals surface area contributed by atoms with Crippen molar-refractivity contribution in [3.8, 4) is 0 Å². The van der Waals surface area contributed by atoms with E-state index in [9.17, 15) is 9.59 Å². The molecule has 0 atom stereocenters. The van der Waals surface area contributed by atoms with Crippen LogP contribution in [-0.4, -0.2) is 65.1 Å². The fourth-order valence-electron chi connectivity index (χ4n) is 3.21. The van der Waals surface area contributed by atoms with Crippen LogP contribution >= 0.6 is 0 Å². The van der Waals surface area contributed by atoms with Crippen molar-refractivity contribution in [3.63, 3.8) is 0 Å². The molecule has 1 amide bonds. The van der Waals surface area contributed by atoms with Crippen LogP contribution < -0.4 is 5.56 Å². The van der Waals surface area contributed by atoms with Crippen molar-refractivity contribution in [1.82, 2.24) is 19.8 Å². The quantitative estimate of drug-likeness (QED) is 0.839. The highest BCUT2D eigenvalue weighted by Crippen LogP contribution is 2.14. The minimum absolute atomic E-state index is 0.0413. The number of fused-ring (bicyclic) bond motifs is 1. The van der Waals surface area contributed by atoms with Gasteiger partial charge in [-0.2, -0.15) is 0 Å². The Bertz CT molecular complexity index is 825. The van der Waals surface area contributed by atoms with Gasteiger partial charge in [0.1, 0.15) is 6.61 Å². The number of H-pyrrole nitrogens is 1. The zero-order chi connectivity index (χ0) is 18.5. The van der Waals surface area contributed by atoms with E-state index in [0.29, 0.717) is 26.1 Å². The Morgan fingerprint density at radius 3 is 2.69 bits per heavy atom. The highest BCUT2D eigenvalue weighted by Gasteiger charge is 2.21. The van der Waals surface area contributed by atoms with Gasteiger partial charge in [0.2, 0.25) is 5.91 Å². The number of piperazine rings is 1. The number of aromatic nitrogens is 2. The van der Waals surface area contributed by atoms with Gasteiger partial charge in [-0.15, -0.1) is 0 Å². The highest BCUT2D eigenvalue weighted by atomic mass is 16.5. The van der Waals surface area contributed by atoms with Crippen LogP contribution in [0.5, 0.6) is 0 Å². The molecule has 0 spiro atoms. The Labute approximate surface area is 153 Å². The summed E-state index contributed by atoms with van der Waals surface area (Å²) >= 11 is 0. The summed E-state index contributed by atoms with van der Waals surface area (Å²) < 4.78 is 5.20. The second-order valence-corrected chi connectivity index (χ2v) is 6.55. The first kappa shape index (κ1) is 18.5. The van der Waals surface area contributed by atoms with E-state index in [0.717, 1.165) is 41.8 Å². The maximum Gasteiger partial charge on any atom is 0.251 e. The van der Waals surface area contributed by atoms with Gasteiger partial charge in [0, 0.05) is 51.1 Å². The van der Waals surface area contributed by atoms with Crippen LogP contribution in [-0.2, 0) is 22.5 Å². The number of pyridine rings is 2. The third-order valence-corrected chi connectivity index (χ3v) is 4.77. The maximum atomic E-state index is 12.0. The van der Waals surface area contributed by atoms with E-state index in [1.54, 1.807) is 0 Å². The fourth-order valence-corrected chi connectivity index (χ4v) is 3.21. The summed E-state index contributed by atoms with van der Waals surface area (Å²) in [5.74, 6) is 0.0585. The molecule has 0 unspecified atom stereocenters. The van der Waals surface area contributed by atoms with Gasteiger partial charge >= 0.3 is 0 Å². The lowest BCUT2D eigenvalue weighted by Gasteiger charge is -2.34. The molecule has 0 aromatic carbocycles. The van der Waals surface area contributed by atoms with Gasteiger partial charge < -0.3 is 14.6 Å². The van der Waals surface area contributed by atoms with Crippen molar-refractivity contribution < 1.29 is 9.53 Å². The molecule has 140 valence electrons. The summed E-state index contributed by atoms with van der Waals surface area (Å²) in [7, 11) is 0. The lowest BCUT2D eigenvalue weighted by atomic mass is 10.1. The number of hydrogen-bond donors (Lipinski definition) is 1. The topological polar surface area (TPSA) is 78.5 Å². The van der Waals surface area contributed by atoms with Gasteiger partial charge in [0.05, 0.1) is 11.0 Å². The molecule has 0 saturated carbocycles. The number of aromatic amines is 1. The monoisotopic (exact) mass is 358 g/mol. The predicted octanol–water partition coefficient (Wildman–Crippen LogP) is 1.17. The van der Waals surface area contributed by atoms with Gasteiger partial charge in [-0.1, -0.05) is 6.92 Å². The molecular weight excluding hydrogens is 332 g/mol. The molecule has 3 rings (SSSR count). The zero-order valence-electron chi connectivity index (χ0n) is 15.5. The lowest BCUT2D eigenvalue weighted by molar-refractivity contribution is -0.137. The number of carbonyl (C=O) groups excluding carboxylic acids is 1. The Morgan fingerprint density at radius 2 is 2.00 bits per heavy atom. The first-order chi connectivity index (χ1) is 12.6. The summed E-state index contributed by atoms with van der Waals surface area (Å²) in [5, 5.41) is 0. The zero-order valence-corrected chi connectivity index (χ0v) is 15.5. The molecular formula is C19H26N4O3. The minimum Gasteiger partial charge on any atom is -0.372 e. The molecule has 7 heteroatoms. The van der Waals surface area contributed by atoms with Crippen molar-refractivity contribution in [2.75, 3.05) is 39.4 Å². The number of aryl methyl sites for hydroxylation is 1. The summed E-state index contributed by atoms with van der Waals surface area (Å²) in [6.07, 6.45) is 2.56. The van der Waals surface area contributed by atoms with Crippen LogP contribution in [0.3, 0.4) is 0 Å². The maximum absolute atomic E-state index is 12.0. The molecule has 26 heavy (non-hydrogen) atoms. The molecule has 1 saturated heterocycles. The third-order valence-electron chi connectivity index (χ3n) is 4.77. The molecule has 1 aliphatic heterocycles. The van der Waals surface area contributed by atoms with E-state index >= 15 is 0 Å². The SMILES string of the molecule is CCOCC(=O)N1CCN(Cc2cnc3cc(CC)c(=O)[nH]c3c2)CC1. The number of nitrogens with zero attached hydrogens (tertiary/aromatic N) is 3. The average molecular weight is 358 g/mol. The number of rotatable bonds is 6. The first-order valence-corrected chi connectivity index (χ1v) is 9.19. The van der Waals surface area contributed by atoms with Gasteiger partial charge in [-0.05, 0) is 31.0 Å². The van der Waals surface area contributed by atoms with Crippen molar-refractivity contribution >= 4 is 16.9 Å². The number of hydrogen-bond acceptors (Lipinski definition) is 5. The Morgan fingerprint density at radius 1 is 1.23 bits per heavy atom. The van der Waals surface area contributed by atoms with Crippen LogP contribution in [0.4, 0.5) is 0 Å². The van der Waals surface area contributed by atoms with E-state index in [2.05, 4.69) is 14.9 Å². The normalized spacial score (nSPS) is 15.5. The Hall–Kier alpha value is -2.25. The summed E-state index contributed by atoms with van der Waals surface area (Å²) in [4.78, 5) is 35.6. The average Bonchev–Trinajstić information content (AvgIpc) is 2.66. The standard InChI is InChI=1S/C19H26N4O3/c1-3-15-10-16-17(21-19(15)25)9-14(11-20-16)12-22-5-7-23(8-6-22)18(24)13-26-4-2/h9-11H,3-8,12-13H2,1-2H3,(H,21,25). The van der Waals surface area contributed by atoms with Crippen LogP contribution in [0.2, 0.25) is 0 Å². The van der Waals surface area contributed by atoms with Crippen molar-refractivity contribution in [2.24, 2.45) is 0 Å². The second kappa shape index (κ2) is 8.42. The van der Waals surface area contributed by atoms with E-state index < -0.39 is 0 Å². The molecule has 2 aromatic heterocycles. The molecule has 3 heterocycles.